The van der Waals surface area contributed by atoms with Gasteiger partial charge in [0.25, 0.3) is 11.6 Å². The number of nitrogens with two attached hydrogens (primary N) is 1. The van der Waals surface area contributed by atoms with Crippen molar-refractivity contribution in [1.29, 1.82) is 0 Å². The van der Waals surface area contributed by atoms with Crippen molar-refractivity contribution in [2.45, 2.75) is 19.4 Å². The predicted octanol–water partition coefficient (Wildman–Crippen LogP) is 2.21. The third-order valence-electron chi connectivity index (χ3n) is 4.42. The summed E-state index contributed by atoms with van der Waals surface area (Å²) in [6, 6.07) is 14.6. The number of rotatable bonds is 6. The first-order valence-electron chi connectivity index (χ1n) is 9.09. The number of nitrogens with one attached hydrogen (secondary N) is 2. The number of nitro benzene ring substituents is 1. The molecule has 1 heterocycles. The van der Waals surface area contributed by atoms with Gasteiger partial charge in [0.2, 0.25) is 0 Å². The molecule has 1 aliphatic heterocycles. The Kier molecular flexibility index (Phi) is 6.58. The third kappa shape index (κ3) is 5.03. The fourth-order valence-electron chi connectivity index (χ4n) is 2.96. The maximum Gasteiger partial charge on any atom is 0.513 e. The van der Waals surface area contributed by atoms with Crippen LogP contribution in [-0.4, -0.2) is 22.7 Å². The maximum atomic E-state index is 12.3. The molecular formula is C20H19N5O6. The fourth-order valence-corrected chi connectivity index (χ4v) is 2.96. The van der Waals surface area contributed by atoms with Crippen molar-refractivity contribution < 1.29 is 24.0 Å². The summed E-state index contributed by atoms with van der Waals surface area (Å²) in [4.78, 5) is 35.3. The van der Waals surface area contributed by atoms with Crippen LogP contribution in [0.2, 0.25) is 0 Å². The lowest BCUT2D eigenvalue weighted by molar-refractivity contribution is -0.384. The van der Waals surface area contributed by atoms with Gasteiger partial charge in [-0.1, -0.05) is 42.5 Å². The summed E-state index contributed by atoms with van der Waals surface area (Å²) in [7, 11) is 0. The van der Waals surface area contributed by atoms with Gasteiger partial charge in [0, 0.05) is 12.1 Å². The van der Waals surface area contributed by atoms with Crippen LogP contribution in [0.1, 0.15) is 24.0 Å². The quantitative estimate of drug-likeness (QED) is 0.209. The van der Waals surface area contributed by atoms with Crippen LogP contribution in [0.15, 0.2) is 71.2 Å². The zero-order valence-corrected chi connectivity index (χ0v) is 16.4. The van der Waals surface area contributed by atoms with E-state index in [2.05, 4.69) is 10.5 Å². The summed E-state index contributed by atoms with van der Waals surface area (Å²) < 4.78 is 10.6. The molecule has 11 heteroatoms. The summed E-state index contributed by atoms with van der Waals surface area (Å²) in [5, 5.41) is 15.2. The van der Waals surface area contributed by atoms with Crippen molar-refractivity contribution in [3.8, 4) is 0 Å². The highest BCUT2D eigenvalue weighted by atomic mass is 16.7. The first kappa shape index (κ1) is 21.5. The zero-order chi connectivity index (χ0) is 22.4. The van der Waals surface area contributed by atoms with Gasteiger partial charge in [-0.25, -0.2) is 10.6 Å². The number of carbonyl (C=O) groups excluding carboxylic acids is 2. The van der Waals surface area contributed by atoms with Gasteiger partial charge in [-0.15, -0.1) is 0 Å². The van der Waals surface area contributed by atoms with E-state index in [-0.39, 0.29) is 23.8 Å². The van der Waals surface area contributed by atoms with Gasteiger partial charge in [0.1, 0.15) is 18.1 Å². The van der Waals surface area contributed by atoms with E-state index in [1.807, 2.05) is 11.5 Å². The van der Waals surface area contributed by atoms with Crippen LogP contribution < -0.4 is 16.7 Å². The van der Waals surface area contributed by atoms with E-state index in [1.165, 1.54) is 18.2 Å². The standard InChI is InChI=1S/C20H19N5O6/c1-12-18(31-20(27)30-11-13-6-3-2-4-7-13)16(17(24-23-12)19(26)22-21)14-8-5-9-15(10-14)25(28)29/h2-10,16,23H,11,21H2,1H3,(H,22,26). The molecule has 0 radical (unpaired) electrons. The molecule has 1 amide bonds. The van der Waals surface area contributed by atoms with E-state index >= 15 is 0 Å². The number of hydrogen-bond donors (Lipinski definition) is 3. The fraction of sp³-hybridized carbons (Fsp3) is 0.150. The van der Waals surface area contributed by atoms with E-state index < -0.39 is 22.9 Å². The molecule has 0 spiro atoms. The van der Waals surface area contributed by atoms with E-state index in [0.717, 1.165) is 5.56 Å². The molecule has 0 fully saturated rings. The normalized spacial score (nSPS) is 15.4. The van der Waals surface area contributed by atoms with Crippen molar-refractivity contribution in [2.24, 2.45) is 10.9 Å². The number of allylic oxidation sites excluding steroid dienone is 2. The molecule has 0 saturated heterocycles. The average Bonchev–Trinajstić information content (AvgIpc) is 2.79. The first-order chi connectivity index (χ1) is 14.9. The number of nitro groups is 1. The highest BCUT2D eigenvalue weighted by Gasteiger charge is 2.36. The molecule has 0 aliphatic carbocycles. The number of ether oxygens (including phenoxy) is 2. The predicted molar refractivity (Wildman–Crippen MR) is 109 cm³/mol. The van der Waals surface area contributed by atoms with E-state index in [0.29, 0.717) is 11.3 Å². The number of hydrazine groups is 1. The topological polar surface area (TPSA) is 158 Å². The van der Waals surface area contributed by atoms with Crippen molar-refractivity contribution in [3.05, 3.63) is 87.3 Å². The maximum absolute atomic E-state index is 12.3. The van der Waals surface area contributed by atoms with E-state index in [4.69, 9.17) is 15.3 Å². The Bertz CT molecular complexity index is 1070. The lowest BCUT2D eigenvalue weighted by Crippen LogP contribution is -2.42. The molecule has 2 aromatic carbocycles. The molecule has 1 aliphatic rings. The van der Waals surface area contributed by atoms with Crippen molar-refractivity contribution in [1.82, 2.24) is 10.9 Å². The second-order valence-electron chi connectivity index (χ2n) is 6.48. The number of nitrogens with zero attached hydrogens (tertiary/aromatic N) is 2. The van der Waals surface area contributed by atoms with Crippen LogP contribution in [0, 0.1) is 10.1 Å². The smallest absolute Gasteiger partial charge is 0.429 e. The molecule has 1 unspecified atom stereocenters. The molecule has 31 heavy (non-hydrogen) atoms. The Hall–Kier alpha value is -4.25. The number of non-ortho nitro benzene ring substituents is 1. The van der Waals surface area contributed by atoms with Crippen LogP contribution in [-0.2, 0) is 20.9 Å². The molecule has 0 saturated carbocycles. The van der Waals surface area contributed by atoms with Crippen LogP contribution >= 0.6 is 0 Å². The van der Waals surface area contributed by atoms with Gasteiger partial charge in [-0.3, -0.25) is 25.8 Å². The van der Waals surface area contributed by atoms with Gasteiger partial charge < -0.3 is 9.47 Å². The Balaban J connectivity index is 1.90. The molecule has 2 aromatic rings. The SMILES string of the molecule is CC1=C(OC(=O)OCc2ccccc2)C(c2cccc([N+](=O)[O-])c2)C(C(=O)NN)=NN1. The number of benzene rings is 2. The van der Waals surface area contributed by atoms with Gasteiger partial charge in [-0.2, -0.15) is 5.10 Å². The minimum absolute atomic E-state index is 0.00663. The molecule has 0 aromatic heterocycles. The summed E-state index contributed by atoms with van der Waals surface area (Å²) in [6.45, 7) is 1.55. The van der Waals surface area contributed by atoms with Crippen molar-refractivity contribution in [2.75, 3.05) is 0 Å². The van der Waals surface area contributed by atoms with Gasteiger partial charge >= 0.3 is 6.16 Å². The van der Waals surface area contributed by atoms with E-state index in [9.17, 15) is 19.7 Å². The summed E-state index contributed by atoms with van der Waals surface area (Å²) in [5.41, 5.74) is 5.61. The van der Waals surface area contributed by atoms with Gasteiger partial charge in [0.15, 0.2) is 0 Å². The summed E-state index contributed by atoms with van der Waals surface area (Å²) in [6.07, 6.45) is -1.01. The monoisotopic (exact) mass is 425 g/mol. The lowest BCUT2D eigenvalue weighted by atomic mass is 9.89. The molecule has 11 nitrogen and oxygen atoms in total. The second kappa shape index (κ2) is 9.50. The second-order valence-corrected chi connectivity index (χ2v) is 6.48. The first-order valence-corrected chi connectivity index (χ1v) is 9.09. The van der Waals surface area contributed by atoms with E-state index in [1.54, 1.807) is 37.3 Å². The minimum Gasteiger partial charge on any atom is -0.429 e. The highest BCUT2D eigenvalue weighted by Crippen LogP contribution is 2.33. The molecule has 160 valence electrons. The Morgan fingerprint density at radius 2 is 1.97 bits per heavy atom. The van der Waals surface area contributed by atoms with Gasteiger partial charge in [-0.05, 0) is 18.1 Å². The third-order valence-corrected chi connectivity index (χ3v) is 4.42. The highest BCUT2D eigenvalue weighted by molar-refractivity contribution is 6.41. The van der Waals surface area contributed by atoms with Crippen LogP contribution in [0.5, 0.6) is 0 Å². The number of carbonyl (C=O) groups is 2. The molecule has 4 N–H and O–H groups in total. The number of hydrogen-bond acceptors (Lipinski definition) is 9. The molecular weight excluding hydrogens is 406 g/mol. The van der Waals surface area contributed by atoms with Crippen molar-refractivity contribution >= 4 is 23.5 Å². The summed E-state index contributed by atoms with van der Waals surface area (Å²) in [5.74, 6) is 3.47. The molecule has 0 bridgehead atoms. The Morgan fingerprint density at radius 1 is 1.23 bits per heavy atom. The number of hydrazone groups is 1. The Labute approximate surface area is 176 Å². The molecule has 3 rings (SSSR count). The Morgan fingerprint density at radius 3 is 2.65 bits per heavy atom. The van der Waals surface area contributed by atoms with Crippen LogP contribution in [0.3, 0.4) is 0 Å². The largest absolute Gasteiger partial charge is 0.513 e. The lowest BCUT2D eigenvalue weighted by Gasteiger charge is -2.26. The van der Waals surface area contributed by atoms with Crippen LogP contribution in [0.4, 0.5) is 10.5 Å². The average molecular weight is 425 g/mol. The zero-order valence-electron chi connectivity index (χ0n) is 16.4. The van der Waals surface area contributed by atoms with Gasteiger partial charge in [0.05, 0.1) is 16.5 Å². The number of amides is 1. The summed E-state index contributed by atoms with van der Waals surface area (Å²) >= 11 is 0. The van der Waals surface area contributed by atoms with Crippen LogP contribution in [0.25, 0.3) is 0 Å². The van der Waals surface area contributed by atoms with Crippen molar-refractivity contribution in [3.63, 3.8) is 0 Å². The molecule has 1 atom stereocenters. The minimum atomic E-state index is -1.03.